The summed E-state index contributed by atoms with van der Waals surface area (Å²) in [4.78, 5) is 22.4. The third-order valence-electron chi connectivity index (χ3n) is 2.44. The van der Waals surface area contributed by atoms with E-state index >= 15 is 0 Å². The van der Waals surface area contributed by atoms with E-state index in [4.69, 9.17) is 14.7 Å². The van der Waals surface area contributed by atoms with Crippen molar-refractivity contribution < 1.29 is 19.1 Å². The minimum Gasteiger partial charge on any atom is -0.496 e. The number of carbonyl (C=O) groups is 2. The molecule has 0 bridgehead atoms. The minimum absolute atomic E-state index is 0.151. The predicted molar refractivity (Wildman–Crippen MR) is 72.0 cm³/mol. The topological polar surface area (TPSA) is 100 Å². The van der Waals surface area contributed by atoms with E-state index in [9.17, 15) is 9.59 Å². The van der Waals surface area contributed by atoms with E-state index in [0.717, 1.165) is 0 Å². The van der Waals surface area contributed by atoms with Gasteiger partial charge >= 0.3 is 6.09 Å². The fraction of sp³-hybridized carbons (Fsp3) is 0.308. The molecule has 0 aliphatic carbocycles. The van der Waals surface area contributed by atoms with Gasteiger partial charge in [-0.25, -0.2) is 4.79 Å². The van der Waals surface area contributed by atoms with Crippen LogP contribution in [-0.4, -0.2) is 39.7 Å². The van der Waals surface area contributed by atoms with Crippen LogP contribution in [0.25, 0.3) is 0 Å². The van der Waals surface area contributed by atoms with E-state index in [-0.39, 0.29) is 29.2 Å². The first-order valence-electron chi connectivity index (χ1n) is 5.82. The second kappa shape index (κ2) is 7.76. The van der Waals surface area contributed by atoms with Crippen molar-refractivity contribution >= 4 is 18.1 Å². The Morgan fingerprint density at radius 1 is 1.50 bits per heavy atom. The van der Waals surface area contributed by atoms with Crippen LogP contribution < -0.4 is 15.4 Å². The standard InChI is InChI=1S/C13H15N3O4/c1-15-3-4-20-13(18)16-11-6-12(19-2)10(8-17)5-9(11)7-14/h5-6,8,15H,3-4H2,1-2H3,(H,16,18). The molecule has 0 unspecified atom stereocenters. The van der Waals surface area contributed by atoms with Crippen LogP contribution in [0.4, 0.5) is 10.5 Å². The number of ether oxygens (including phenoxy) is 2. The highest BCUT2D eigenvalue weighted by Gasteiger charge is 2.13. The van der Waals surface area contributed by atoms with Gasteiger partial charge in [0.1, 0.15) is 18.4 Å². The van der Waals surface area contributed by atoms with Crippen molar-refractivity contribution in [2.45, 2.75) is 0 Å². The Bertz CT molecular complexity index is 537. The normalized spacial score (nSPS) is 9.45. The number of anilines is 1. The van der Waals surface area contributed by atoms with Gasteiger partial charge in [0.25, 0.3) is 0 Å². The van der Waals surface area contributed by atoms with Crippen LogP contribution in [0.1, 0.15) is 15.9 Å². The van der Waals surface area contributed by atoms with E-state index in [0.29, 0.717) is 12.8 Å². The molecular weight excluding hydrogens is 262 g/mol. The number of carbonyl (C=O) groups excluding carboxylic acids is 2. The zero-order valence-electron chi connectivity index (χ0n) is 11.2. The summed E-state index contributed by atoms with van der Waals surface area (Å²) in [6.07, 6.45) is -0.105. The third kappa shape index (κ3) is 3.96. The van der Waals surface area contributed by atoms with Gasteiger partial charge in [-0.3, -0.25) is 10.1 Å². The lowest BCUT2D eigenvalue weighted by molar-refractivity contribution is 0.112. The lowest BCUT2D eigenvalue weighted by Crippen LogP contribution is -2.21. The van der Waals surface area contributed by atoms with E-state index < -0.39 is 6.09 Å². The number of nitrogens with zero attached hydrogens (tertiary/aromatic N) is 1. The van der Waals surface area contributed by atoms with Crippen LogP contribution in [0.2, 0.25) is 0 Å². The summed E-state index contributed by atoms with van der Waals surface area (Å²) in [6.45, 7) is 0.722. The molecule has 0 heterocycles. The Balaban J connectivity index is 2.91. The summed E-state index contributed by atoms with van der Waals surface area (Å²) in [7, 11) is 3.13. The summed E-state index contributed by atoms with van der Waals surface area (Å²) in [5.74, 6) is 0.268. The first-order chi connectivity index (χ1) is 9.65. The average molecular weight is 277 g/mol. The minimum atomic E-state index is -0.683. The molecule has 0 fully saturated rings. The molecule has 0 aromatic heterocycles. The van der Waals surface area contributed by atoms with Crippen molar-refractivity contribution in [1.29, 1.82) is 5.26 Å². The smallest absolute Gasteiger partial charge is 0.411 e. The van der Waals surface area contributed by atoms with Gasteiger partial charge in [-0.15, -0.1) is 0 Å². The van der Waals surface area contributed by atoms with Gasteiger partial charge in [0.05, 0.1) is 23.9 Å². The molecule has 0 saturated carbocycles. The number of nitrogens with one attached hydrogen (secondary N) is 2. The Labute approximate surface area is 116 Å². The van der Waals surface area contributed by atoms with Crippen LogP contribution >= 0.6 is 0 Å². The van der Waals surface area contributed by atoms with Gasteiger partial charge in [0.15, 0.2) is 6.29 Å². The van der Waals surface area contributed by atoms with Gasteiger partial charge < -0.3 is 14.8 Å². The SMILES string of the molecule is CNCCOC(=O)Nc1cc(OC)c(C=O)cc1C#N. The van der Waals surface area contributed by atoms with Crippen molar-refractivity contribution in [3.8, 4) is 11.8 Å². The fourth-order valence-corrected chi connectivity index (χ4v) is 1.45. The number of rotatable bonds is 6. The molecule has 0 spiro atoms. The second-order valence-corrected chi connectivity index (χ2v) is 3.73. The molecule has 0 atom stereocenters. The average Bonchev–Trinajstić information content (AvgIpc) is 2.47. The first-order valence-corrected chi connectivity index (χ1v) is 5.82. The molecule has 0 radical (unpaired) electrons. The lowest BCUT2D eigenvalue weighted by atomic mass is 10.1. The second-order valence-electron chi connectivity index (χ2n) is 3.73. The quantitative estimate of drug-likeness (QED) is 0.597. The van der Waals surface area contributed by atoms with Gasteiger partial charge in [0.2, 0.25) is 0 Å². The Hall–Kier alpha value is -2.59. The van der Waals surface area contributed by atoms with Crippen LogP contribution in [-0.2, 0) is 4.74 Å². The summed E-state index contributed by atoms with van der Waals surface area (Å²) < 4.78 is 9.90. The number of methoxy groups -OCH3 is 1. The van der Waals surface area contributed by atoms with Crippen molar-refractivity contribution in [1.82, 2.24) is 5.32 Å². The van der Waals surface area contributed by atoms with E-state index in [1.54, 1.807) is 7.05 Å². The summed E-state index contributed by atoms with van der Waals surface area (Å²) in [5.41, 5.74) is 0.612. The Morgan fingerprint density at radius 2 is 2.25 bits per heavy atom. The van der Waals surface area contributed by atoms with Crippen LogP contribution in [0.3, 0.4) is 0 Å². The molecule has 7 heteroatoms. The predicted octanol–water partition coefficient (Wildman–Crippen LogP) is 1.15. The first kappa shape index (κ1) is 15.5. The fourth-order valence-electron chi connectivity index (χ4n) is 1.45. The molecule has 20 heavy (non-hydrogen) atoms. The van der Waals surface area contributed by atoms with Crippen LogP contribution in [0, 0.1) is 11.3 Å². The maximum Gasteiger partial charge on any atom is 0.411 e. The third-order valence-corrected chi connectivity index (χ3v) is 2.44. The molecule has 1 rings (SSSR count). The molecule has 1 aromatic carbocycles. The highest BCUT2D eigenvalue weighted by molar-refractivity contribution is 5.89. The Kier molecular flexibility index (Phi) is 6.00. The van der Waals surface area contributed by atoms with Gasteiger partial charge in [-0.2, -0.15) is 5.26 Å². The number of benzene rings is 1. The molecular formula is C13H15N3O4. The number of hydrogen-bond acceptors (Lipinski definition) is 6. The molecule has 2 N–H and O–H groups in total. The molecule has 106 valence electrons. The van der Waals surface area contributed by atoms with Crippen molar-refractivity contribution in [2.24, 2.45) is 0 Å². The Morgan fingerprint density at radius 3 is 2.80 bits per heavy atom. The maximum absolute atomic E-state index is 11.5. The number of hydrogen-bond donors (Lipinski definition) is 2. The molecule has 0 aliphatic rings. The number of amides is 1. The summed E-state index contributed by atoms with van der Waals surface area (Å²) in [5, 5.41) is 14.3. The van der Waals surface area contributed by atoms with E-state index in [2.05, 4.69) is 10.6 Å². The van der Waals surface area contributed by atoms with Crippen molar-refractivity contribution in [3.63, 3.8) is 0 Å². The van der Waals surface area contributed by atoms with Crippen molar-refractivity contribution in [2.75, 3.05) is 32.6 Å². The highest BCUT2D eigenvalue weighted by Crippen LogP contribution is 2.26. The van der Waals surface area contributed by atoms with Gasteiger partial charge in [-0.05, 0) is 13.1 Å². The van der Waals surface area contributed by atoms with Gasteiger partial charge in [0, 0.05) is 12.6 Å². The van der Waals surface area contributed by atoms with Crippen LogP contribution in [0.5, 0.6) is 5.75 Å². The number of nitriles is 1. The zero-order valence-corrected chi connectivity index (χ0v) is 11.2. The van der Waals surface area contributed by atoms with Crippen molar-refractivity contribution in [3.05, 3.63) is 23.3 Å². The zero-order chi connectivity index (χ0) is 15.0. The largest absolute Gasteiger partial charge is 0.496 e. The number of aldehydes is 1. The van der Waals surface area contributed by atoms with E-state index in [1.807, 2.05) is 6.07 Å². The summed E-state index contributed by atoms with van der Waals surface area (Å²) >= 11 is 0. The molecule has 7 nitrogen and oxygen atoms in total. The number of likely N-dealkylation sites (N-methyl/N-ethyl adjacent to an activating group) is 1. The molecule has 1 aromatic rings. The lowest BCUT2D eigenvalue weighted by Gasteiger charge is -2.11. The van der Waals surface area contributed by atoms with E-state index in [1.165, 1.54) is 19.2 Å². The molecule has 1 amide bonds. The molecule has 0 saturated heterocycles. The maximum atomic E-state index is 11.5. The highest BCUT2D eigenvalue weighted by atomic mass is 16.5. The monoisotopic (exact) mass is 277 g/mol. The molecule has 0 aliphatic heterocycles. The summed E-state index contributed by atoms with van der Waals surface area (Å²) in [6, 6.07) is 4.64. The van der Waals surface area contributed by atoms with Gasteiger partial charge in [-0.1, -0.05) is 0 Å². The van der Waals surface area contributed by atoms with Crippen LogP contribution in [0.15, 0.2) is 12.1 Å².